The molecule has 4 heterocycles. The van der Waals surface area contributed by atoms with E-state index in [1.807, 2.05) is 5.32 Å². The lowest BCUT2D eigenvalue weighted by atomic mass is 9.75. The highest BCUT2D eigenvalue weighted by molar-refractivity contribution is 7.89. The lowest BCUT2D eigenvalue weighted by Crippen LogP contribution is -2.49. The van der Waals surface area contributed by atoms with E-state index in [9.17, 15) is 26.4 Å². The molecule has 1 aliphatic carbocycles. The number of hydrogen-bond acceptors (Lipinski definition) is 10. The van der Waals surface area contributed by atoms with Gasteiger partial charge in [-0.1, -0.05) is 50.6 Å². The molecule has 0 spiro atoms. The lowest BCUT2D eigenvalue weighted by molar-refractivity contribution is -0.164. The van der Waals surface area contributed by atoms with Crippen molar-refractivity contribution in [3.05, 3.63) is 82.9 Å². The second-order valence-electron chi connectivity index (χ2n) is 14.9. The van der Waals surface area contributed by atoms with Crippen molar-refractivity contribution in [1.82, 2.24) is 39.5 Å². The number of amides is 2. The van der Waals surface area contributed by atoms with Gasteiger partial charge in [-0.2, -0.15) is 27.5 Å². The molecule has 14 nitrogen and oxygen atoms in total. The summed E-state index contributed by atoms with van der Waals surface area (Å²) in [4.78, 5) is 37.2. The molecule has 21 heteroatoms. The summed E-state index contributed by atoms with van der Waals surface area (Å²) in [7, 11) is -3.75. The fraction of sp³-hybridized carbons (Fsp3) is 0.412. The molecule has 1 saturated carbocycles. The van der Waals surface area contributed by atoms with E-state index in [1.54, 1.807) is 20.8 Å². The Hall–Kier alpha value is -5.11. The fourth-order valence-corrected chi connectivity index (χ4v) is 7.55. The summed E-state index contributed by atoms with van der Waals surface area (Å²) < 4.78 is 105. The maximum atomic E-state index is 16.6. The number of aromatic nitrogens is 5. The van der Waals surface area contributed by atoms with Crippen LogP contribution in [-0.4, -0.2) is 79.8 Å². The molecule has 2 bridgehead atoms. The minimum absolute atomic E-state index is 0.0860. The quantitative estimate of drug-likeness (QED) is 0.176. The maximum absolute atomic E-state index is 16.6. The first-order valence-electron chi connectivity index (χ1n) is 16.7. The minimum Gasteiger partial charge on any atom is -0.447 e. The molecule has 2 amide bonds. The predicted octanol–water partition coefficient (Wildman–Crippen LogP) is 5.69. The van der Waals surface area contributed by atoms with Gasteiger partial charge >= 0.3 is 12.3 Å². The molecule has 2 aliphatic heterocycles. The Kier molecular flexibility index (Phi) is 9.02. The van der Waals surface area contributed by atoms with Crippen molar-refractivity contribution in [3.8, 4) is 16.8 Å². The van der Waals surface area contributed by atoms with E-state index in [1.165, 1.54) is 42.7 Å². The number of nitrogens with zero attached hydrogens (tertiary/aromatic N) is 7. The molecule has 3 aliphatic rings. The van der Waals surface area contributed by atoms with Gasteiger partial charge < -0.3 is 15.4 Å². The Morgan fingerprint density at radius 3 is 2.45 bits per heavy atom. The molecule has 2 fully saturated rings. The van der Waals surface area contributed by atoms with Gasteiger partial charge in [0.1, 0.15) is 29.8 Å². The van der Waals surface area contributed by atoms with Crippen molar-refractivity contribution >= 4 is 39.6 Å². The number of fused-ring (bicyclic) bond motifs is 5. The van der Waals surface area contributed by atoms with Gasteiger partial charge in [-0.25, -0.2) is 36.7 Å². The Labute approximate surface area is 315 Å². The predicted molar refractivity (Wildman–Crippen MR) is 186 cm³/mol. The van der Waals surface area contributed by atoms with Crippen molar-refractivity contribution in [2.24, 2.45) is 10.4 Å². The van der Waals surface area contributed by atoms with Crippen LogP contribution in [0.4, 0.5) is 26.7 Å². The SMILES string of the molecule is CC(C)(C)C[C@]1(c2ccc(-c3cnn(S(C)(=O)=O)c3)cc2F)NC2=NC(F)c3ncnn3-c3cc(ccc3Cl)[C@@H](COC(=O)NC3(C(F)(F)F)CC3)N2C1=O. The number of rotatable bonds is 7. The molecule has 1 saturated heterocycles. The molecular weight excluding hydrogens is 777 g/mol. The van der Waals surface area contributed by atoms with Crippen LogP contribution in [0.15, 0.2) is 60.1 Å². The van der Waals surface area contributed by atoms with Gasteiger partial charge in [0.05, 0.1) is 35.4 Å². The summed E-state index contributed by atoms with van der Waals surface area (Å²) in [5.74, 6) is -2.50. The monoisotopic (exact) mass is 809 g/mol. The van der Waals surface area contributed by atoms with Crippen LogP contribution in [0.3, 0.4) is 0 Å². The number of alkyl carbamates (subject to hydrolysis) is 1. The van der Waals surface area contributed by atoms with Gasteiger partial charge in [-0.05, 0) is 54.0 Å². The number of carbonyl (C=O) groups excluding carboxylic acids is 2. The molecule has 1 unspecified atom stereocenters. The average molecular weight is 810 g/mol. The molecule has 3 atom stereocenters. The molecule has 4 aromatic rings. The standard InChI is InChI=1S/C34H33ClF5N9O5S/c1-31(2,3)16-33(21-7-5-18(11-23(21)36)20-13-42-47(14-20)55(4,52)53)28(50)48-25(15-54-30(51)46-32(9-10-32)34(38,39)40)19-6-8-22(35)24(12-19)49-27(41-17-43-49)26(37)44-29(48)45-33/h5-8,11-14,17,25-26H,9-10,15-16H2,1-4H3,(H,44,45)(H,46,51)/t25-,26?,33-/m1/s1. The molecule has 7 rings (SSSR count). The van der Waals surface area contributed by atoms with E-state index in [0.717, 1.165) is 32.3 Å². The van der Waals surface area contributed by atoms with Gasteiger partial charge in [0.25, 0.3) is 22.2 Å². The third kappa shape index (κ3) is 6.89. The molecule has 2 N–H and O–H groups in total. The number of halogens is 6. The Morgan fingerprint density at radius 1 is 1.11 bits per heavy atom. The summed E-state index contributed by atoms with van der Waals surface area (Å²) >= 11 is 6.50. The summed E-state index contributed by atoms with van der Waals surface area (Å²) in [6.07, 6.45) is -4.83. The van der Waals surface area contributed by atoms with Crippen LogP contribution in [0.1, 0.15) is 69.3 Å². The molecule has 0 radical (unpaired) electrons. The normalized spacial score (nSPS) is 22.0. The van der Waals surface area contributed by atoms with Gasteiger partial charge in [0, 0.05) is 11.1 Å². The third-order valence-corrected chi connectivity index (χ3v) is 10.7. The van der Waals surface area contributed by atoms with Gasteiger partial charge in [0.2, 0.25) is 5.96 Å². The van der Waals surface area contributed by atoms with Crippen molar-refractivity contribution in [1.29, 1.82) is 0 Å². The van der Waals surface area contributed by atoms with Crippen LogP contribution in [0.25, 0.3) is 16.8 Å². The van der Waals surface area contributed by atoms with E-state index in [0.29, 0.717) is 0 Å². The second-order valence-corrected chi connectivity index (χ2v) is 17.1. The summed E-state index contributed by atoms with van der Waals surface area (Å²) in [5, 5.41) is 12.9. The number of benzene rings is 2. The summed E-state index contributed by atoms with van der Waals surface area (Å²) in [5.41, 5.74) is -4.56. The molecule has 292 valence electrons. The van der Waals surface area contributed by atoms with E-state index in [-0.39, 0.29) is 58.1 Å². The van der Waals surface area contributed by atoms with Crippen molar-refractivity contribution < 1.29 is 44.7 Å². The van der Waals surface area contributed by atoms with E-state index < -0.39 is 75.4 Å². The average Bonchev–Trinajstić information content (AvgIpc) is 3.40. The molecule has 2 aromatic heterocycles. The van der Waals surface area contributed by atoms with E-state index >= 15 is 13.6 Å². The van der Waals surface area contributed by atoms with Crippen LogP contribution < -0.4 is 10.6 Å². The zero-order valence-electron chi connectivity index (χ0n) is 29.5. The van der Waals surface area contributed by atoms with Crippen LogP contribution in [0.5, 0.6) is 0 Å². The van der Waals surface area contributed by atoms with Gasteiger partial charge in [-0.15, -0.1) is 0 Å². The zero-order valence-corrected chi connectivity index (χ0v) is 31.1. The minimum atomic E-state index is -4.74. The molecular formula is C34H33ClF5N9O5S. The van der Waals surface area contributed by atoms with Crippen molar-refractivity contribution in [2.75, 3.05) is 12.9 Å². The lowest BCUT2D eigenvalue weighted by Gasteiger charge is -2.35. The van der Waals surface area contributed by atoms with Crippen LogP contribution in [0.2, 0.25) is 5.02 Å². The fourth-order valence-electron chi connectivity index (χ4n) is 6.83. The number of guanidine groups is 1. The van der Waals surface area contributed by atoms with Gasteiger partial charge in [0.15, 0.2) is 5.82 Å². The number of alkyl halides is 4. The van der Waals surface area contributed by atoms with Crippen LogP contribution in [0, 0.1) is 11.2 Å². The highest BCUT2D eigenvalue weighted by Gasteiger charge is 2.65. The number of carbonyl (C=O) groups is 2. The van der Waals surface area contributed by atoms with Crippen LogP contribution in [-0.2, 0) is 25.1 Å². The third-order valence-electron chi connectivity index (χ3n) is 9.52. The largest absolute Gasteiger partial charge is 0.447 e. The van der Waals surface area contributed by atoms with Crippen molar-refractivity contribution in [2.45, 2.75) is 69.6 Å². The first-order chi connectivity index (χ1) is 25.6. The summed E-state index contributed by atoms with van der Waals surface area (Å²) in [6, 6.07) is 6.82. The topological polar surface area (TPSA) is 166 Å². The highest BCUT2D eigenvalue weighted by atomic mass is 35.5. The Morgan fingerprint density at radius 2 is 1.84 bits per heavy atom. The summed E-state index contributed by atoms with van der Waals surface area (Å²) in [6.45, 7) is 4.60. The van der Waals surface area contributed by atoms with E-state index in [2.05, 4.69) is 25.5 Å². The van der Waals surface area contributed by atoms with Crippen LogP contribution >= 0.6 is 11.6 Å². The maximum Gasteiger partial charge on any atom is 0.411 e. The Balaban J connectivity index is 1.36. The smallest absolute Gasteiger partial charge is 0.411 e. The number of aliphatic imine (C=N–C) groups is 1. The number of hydrogen-bond donors (Lipinski definition) is 2. The zero-order chi connectivity index (χ0) is 39.9. The van der Waals surface area contributed by atoms with E-state index in [4.69, 9.17) is 16.3 Å². The molecule has 2 aromatic carbocycles. The van der Waals surface area contributed by atoms with Crippen molar-refractivity contribution in [3.63, 3.8) is 0 Å². The molecule has 55 heavy (non-hydrogen) atoms. The van der Waals surface area contributed by atoms with Gasteiger partial charge in [-0.3, -0.25) is 9.69 Å². The first-order valence-corrected chi connectivity index (χ1v) is 19.0. The number of nitrogens with one attached hydrogen (secondary N) is 2. The first kappa shape index (κ1) is 38.2. The highest BCUT2D eigenvalue weighted by Crippen LogP contribution is 2.49. The number of ether oxygens (including phenoxy) is 1. The second kappa shape index (κ2) is 13.0. The Bertz CT molecular complexity index is 2360.